The summed E-state index contributed by atoms with van der Waals surface area (Å²) in [6, 6.07) is 6.89. The van der Waals surface area contributed by atoms with E-state index < -0.39 is 0 Å². The first kappa shape index (κ1) is 13.3. The maximum Gasteiger partial charge on any atom is 0.255 e. The summed E-state index contributed by atoms with van der Waals surface area (Å²) in [6.07, 6.45) is 4.87. The third kappa shape index (κ3) is 4.70. The van der Waals surface area contributed by atoms with Crippen LogP contribution in [-0.4, -0.2) is 24.7 Å². The zero-order chi connectivity index (χ0) is 12.5. The molecule has 2 N–H and O–H groups in total. The summed E-state index contributed by atoms with van der Waals surface area (Å²) in [5, 5.41) is 11.2. The third-order valence-corrected chi connectivity index (χ3v) is 2.21. The summed E-state index contributed by atoms with van der Waals surface area (Å²) in [7, 11) is 1.58. The molecule has 0 aliphatic heterocycles. The van der Waals surface area contributed by atoms with Crippen molar-refractivity contribution in [2.75, 3.05) is 13.7 Å². The van der Waals surface area contributed by atoms with E-state index in [-0.39, 0.29) is 12.5 Å². The fourth-order valence-corrected chi connectivity index (χ4v) is 1.25. The van der Waals surface area contributed by atoms with Crippen LogP contribution in [0.5, 0.6) is 5.75 Å². The van der Waals surface area contributed by atoms with E-state index in [4.69, 9.17) is 9.84 Å². The highest BCUT2D eigenvalue weighted by Gasteiger charge is 2.02. The predicted molar refractivity (Wildman–Crippen MR) is 65.9 cm³/mol. The molecule has 1 aromatic carbocycles. The molecule has 4 heteroatoms. The number of unbranched alkanes of at least 4 members (excludes halogenated alkanes) is 1. The molecule has 0 spiro atoms. The summed E-state index contributed by atoms with van der Waals surface area (Å²) in [6.45, 7) is 0.163. The van der Waals surface area contributed by atoms with E-state index in [1.54, 1.807) is 37.6 Å². The van der Waals surface area contributed by atoms with Gasteiger partial charge in [0.1, 0.15) is 5.75 Å². The molecule has 0 saturated heterocycles. The molecule has 1 aromatic rings. The molecule has 0 bridgehead atoms. The van der Waals surface area contributed by atoms with Gasteiger partial charge in [-0.3, -0.25) is 4.79 Å². The van der Waals surface area contributed by atoms with Crippen LogP contribution in [0, 0.1) is 0 Å². The fourth-order valence-electron chi connectivity index (χ4n) is 1.25. The Bertz CT molecular complexity index is 371. The van der Waals surface area contributed by atoms with Crippen LogP contribution >= 0.6 is 0 Å². The zero-order valence-electron chi connectivity index (χ0n) is 9.85. The number of aliphatic hydroxyl groups excluding tert-OH is 1. The van der Waals surface area contributed by atoms with Gasteiger partial charge in [0.05, 0.1) is 7.11 Å². The van der Waals surface area contributed by atoms with E-state index in [9.17, 15) is 4.79 Å². The van der Waals surface area contributed by atoms with Gasteiger partial charge in [-0.25, -0.2) is 0 Å². The van der Waals surface area contributed by atoms with Crippen molar-refractivity contribution in [1.29, 1.82) is 0 Å². The minimum absolute atomic E-state index is 0.159. The van der Waals surface area contributed by atoms with Gasteiger partial charge in [0.2, 0.25) is 0 Å². The number of hydrogen-bond acceptors (Lipinski definition) is 3. The molecule has 0 radical (unpaired) electrons. The Morgan fingerprint density at radius 2 is 2.12 bits per heavy atom. The molecular formula is C13H17NO3. The topological polar surface area (TPSA) is 58.6 Å². The van der Waals surface area contributed by atoms with Gasteiger partial charge < -0.3 is 15.2 Å². The number of benzene rings is 1. The van der Waals surface area contributed by atoms with Crippen molar-refractivity contribution in [3.63, 3.8) is 0 Å². The normalized spacial score (nSPS) is 10.5. The molecular weight excluding hydrogens is 218 g/mol. The number of carbonyl (C=O) groups is 1. The molecule has 0 unspecified atom stereocenters. The van der Waals surface area contributed by atoms with E-state index in [2.05, 4.69) is 5.32 Å². The number of nitrogens with one attached hydrogen (secondary N) is 1. The number of aliphatic hydroxyl groups is 1. The summed E-state index contributed by atoms with van der Waals surface area (Å²) in [5.41, 5.74) is 0.581. The van der Waals surface area contributed by atoms with Gasteiger partial charge in [-0.1, -0.05) is 6.08 Å². The van der Waals surface area contributed by atoms with E-state index >= 15 is 0 Å². The Labute approximate surface area is 101 Å². The SMILES string of the molecule is COc1ccc(C(=O)N/C=C\CCCO)cc1. The van der Waals surface area contributed by atoms with E-state index in [1.807, 2.05) is 6.08 Å². The summed E-state index contributed by atoms with van der Waals surface area (Å²) in [4.78, 5) is 11.6. The van der Waals surface area contributed by atoms with Crippen LogP contribution in [-0.2, 0) is 0 Å². The maximum atomic E-state index is 11.6. The number of rotatable bonds is 6. The fraction of sp³-hybridized carbons (Fsp3) is 0.308. The Morgan fingerprint density at radius 1 is 1.41 bits per heavy atom. The van der Waals surface area contributed by atoms with E-state index in [0.29, 0.717) is 12.0 Å². The quantitative estimate of drug-likeness (QED) is 0.738. The lowest BCUT2D eigenvalue weighted by molar-refractivity contribution is 0.0970. The molecule has 0 aromatic heterocycles. The number of carbonyl (C=O) groups excluding carboxylic acids is 1. The lowest BCUT2D eigenvalue weighted by Crippen LogP contribution is -2.16. The van der Waals surface area contributed by atoms with Crippen molar-refractivity contribution in [2.45, 2.75) is 12.8 Å². The molecule has 1 rings (SSSR count). The largest absolute Gasteiger partial charge is 0.497 e. The van der Waals surface area contributed by atoms with Crippen LogP contribution in [0.3, 0.4) is 0 Å². The van der Waals surface area contributed by atoms with Crippen molar-refractivity contribution in [2.24, 2.45) is 0 Å². The Balaban J connectivity index is 2.43. The van der Waals surface area contributed by atoms with Gasteiger partial charge in [-0.15, -0.1) is 0 Å². The van der Waals surface area contributed by atoms with E-state index in [1.165, 1.54) is 0 Å². The van der Waals surface area contributed by atoms with Gasteiger partial charge in [0.25, 0.3) is 5.91 Å². The molecule has 17 heavy (non-hydrogen) atoms. The summed E-state index contributed by atoms with van der Waals surface area (Å²) >= 11 is 0. The molecule has 0 atom stereocenters. The first-order chi connectivity index (χ1) is 8.27. The summed E-state index contributed by atoms with van der Waals surface area (Å²) < 4.78 is 5.00. The molecule has 4 nitrogen and oxygen atoms in total. The predicted octanol–water partition coefficient (Wildman–Crippen LogP) is 1.71. The second-order valence-corrected chi connectivity index (χ2v) is 3.47. The van der Waals surface area contributed by atoms with Crippen molar-refractivity contribution in [3.05, 3.63) is 42.1 Å². The van der Waals surface area contributed by atoms with Crippen molar-refractivity contribution >= 4 is 5.91 Å². The van der Waals surface area contributed by atoms with Gasteiger partial charge >= 0.3 is 0 Å². The summed E-state index contributed by atoms with van der Waals surface area (Å²) in [5.74, 6) is 0.563. The van der Waals surface area contributed by atoms with Crippen molar-refractivity contribution in [1.82, 2.24) is 5.32 Å². The Morgan fingerprint density at radius 3 is 2.71 bits per heavy atom. The van der Waals surface area contributed by atoms with Crippen LogP contribution in [0.25, 0.3) is 0 Å². The smallest absolute Gasteiger partial charge is 0.255 e. The van der Waals surface area contributed by atoms with Crippen molar-refractivity contribution in [3.8, 4) is 5.75 Å². The molecule has 0 saturated carbocycles. The van der Waals surface area contributed by atoms with Crippen molar-refractivity contribution < 1.29 is 14.6 Å². The molecule has 0 fully saturated rings. The van der Waals surface area contributed by atoms with Gasteiger partial charge in [-0.05, 0) is 37.1 Å². The first-order valence-electron chi connectivity index (χ1n) is 5.48. The monoisotopic (exact) mass is 235 g/mol. The Hall–Kier alpha value is -1.81. The van der Waals surface area contributed by atoms with Gasteiger partial charge in [0.15, 0.2) is 0 Å². The number of amides is 1. The number of ether oxygens (including phenoxy) is 1. The number of hydrogen-bond donors (Lipinski definition) is 2. The van der Waals surface area contributed by atoms with E-state index in [0.717, 1.165) is 12.2 Å². The molecule has 0 aliphatic carbocycles. The highest BCUT2D eigenvalue weighted by atomic mass is 16.5. The second kappa shape index (κ2) is 7.46. The third-order valence-electron chi connectivity index (χ3n) is 2.21. The van der Waals surface area contributed by atoms with Crippen LogP contribution < -0.4 is 10.1 Å². The average molecular weight is 235 g/mol. The molecule has 92 valence electrons. The molecule has 0 aliphatic rings. The highest BCUT2D eigenvalue weighted by Crippen LogP contribution is 2.10. The molecule has 1 amide bonds. The highest BCUT2D eigenvalue weighted by molar-refractivity contribution is 5.94. The van der Waals surface area contributed by atoms with Crippen LogP contribution in [0.1, 0.15) is 23.2 Å². The Kier molecular flexibility index (Phi) is 5.82. The lowest BCUT2D eigenvalue weighted by Gasteiger charge is -2.02. The van der Waals surface area contributed by atoms with Gasteiger partial charge in [0, 0.05) is 18.4 Å². The minimum Gasteiger partial charge on any atom is -0.497 e. The van der Waals surface area contributed by atoms with Gasteiger partial charge in [-0.2, -0.15) is 0 Å². The number of methoxy groups -OCH3 is 1. The zero-order valence-corrected chi connectivity index (χ0v) is 9.85. The number of allylic oxidation sites excluding steroid dienone is 1. The first-order valence-corrected chi connectivity index (χ1v) is 5.48. The maximum absolute atomic E-state index is 11.6. The molecule has 0 heterocycles. The van der Waals surface area contributed by atoms with Crippen LogP contribution in [0.4, 0.5) is 0 Å². The standard InChI is InChI=1S/C13H17NO3/c1-17-12-7-5-11(6-8-12)13(16)14-9-3-2-4-10-15/h3,5-9,15H,2,4,10H2,1H3,(H,14,16)/b9-3-. The van der Waals surface area contributed by atoms with Crippen LogP contribution in [0.2, 0.25) is 0 Å². The lowest BCUT2D eigenvalue weighted by atomic mass is 10.2. The van der Waals surface area contributed by atoms with Crippen LogP contribution in [0.15, 0.2) is 36.5 Å². The minimum atomic E-state index is -0.159. The second-order valence-electron chi connectivity index (χ2n) is 3.47. The average Bonchev–Trinajstić information content (AvgIpc) is 2.38.